The third-order valence-electron chi connectivity index (χ3n) is 4.98. The number of halogens is 1. The number of carbonyl (C=O) groups is 1. The first-order valence-electron chi connectivity index (χ1n) is 8.77. The fourth-order valence-corrected chi connectivity index (χ4v) is 4.32. The van der Waals surface area contributed by atoms with Gasteiger partial charge in [-0.2, -0.15) is 5.10 Å². The lowest BCUT2D eigenvalue weighted by Crippen LogP contribution is -2.51. The van der Waals surface area contributed by atoms with Gasteiger partial charge < -0.3 is 14.5 Å². The predicted molar refractivity (Wildman–Crippen MR) is 98.7 cm³/mol. The fourth-order valence-electron chi connectivity index (χ4n) is 3.71. The van der Waals surface area contributed by atoms with Crippen LogP contribution in [0.15, 0.2) is 15.5 Å². The molecule has 0 aliphatic carbocycles. The van der Waals surface area contributed by atoms with Gasteiger partial charge in [-0.15, -0.1) is 0 Å². The predicted octanol–water partition coefficient (Wildman–Crippen LogP) is 1.39. The second-order valence-electron chi connectivity index (χ2n) is 7.03. The molecule has 0 saturated carbocycles. The highest BCUT2D eigenvalue weighted by Gasteiger charge is 2.33. The first kappa shape index (κ1) is 18.4. The van der Waals surface area contributed by atoms with E-state index in [4.69, 9.17) is 4.74 Å². The van der Waals surface area contributed by atoms with Gasteiger partial charge in [-0.25, -0.2) is 4.68 Å². The van der Waals surface area contributed by atoms with Gasteiger partial charge in [0.15, 0.2) is 0 Å². The van der Waals surface area contributed by atoms with Gasteiger partial charge in [0, 0.05) is 39.1 Å². The van der Waals surface area contributed by atoms with E-state index in [-0.39, 0.29) is 29.6 Å². The Morgan fingerprint density at radius 2 is 1.84 bits per heavy atom. The summed E-state index contributed by atoms with van der Waals surface area (Å²) in [7, 11) is 1.63. The summed E-state index contributed by atoms with van der Waals surface area (Å²) in [5.74, 6) is 0.287. The number of nitrogens with zero attached hydrogens (tertiary/aromatic N) is 4. The van der Waals surface area contributed by atoms with E-state index in [0.717, 1.165) is 31.6 Å². The summed E-state index contributed by atoms with van der Waals surface area (Å²) in [4.78, 5) is 28.9. The molecule has 0 radical (unpaired) electrons. The molecule has 2 aliphatic rings. The average Bonchev–Trinajstić information content (AvgIpc) is 2.59. The third kappa shape index (κ3) is 3.89. The van der Waals surface area contributed by atoms with Crippen molar-refractivity contribution in [3.63, 3.8) is 0 Å². The maximum Gasteiger partial charge on any atom is 0.282 e. The van der Waals surface area contributed by atoms with Crippen molar-refractivity contribution >= 4 is 27.5 Å². The quantitative estimate of drug-likeness (QED) is 0.733. The van der Waals surface area contributed by atoms with Crippen molar-refractivity contribution in [1.29, 1.82) is 0 Å². The topological polar surface area (TPSA) is 67.7 Å². The summed E-state index contributed by atoms with van der Waals surface area (Å²) in [5, 5.41) is 4.10. The van der Waals surface area contributed by atoms with Gasteiger partial charge in [-0.05, 0) is 42.6 Å². The second kappa shape index (κ2) is 7.45. The maximum absolute atomic E-state index is 12.8. The SMILES string of the molecule is CC1CN(C(=O)C2CCN(c3cnn(C)c(=O)c3Br)CC2)CC(C)O1. The zero-order chi connectivity index (χ0) is 18.1. The second-order valence-corrected chi connectivity index (χ2v) is 7.83. The van der Waals surface area contributed by atoms with E-state index in [1.807, 2.05) is 18.7 Å². The van der Waals surface area contributed by atoms with Crippen LogP contribution in [0.25, 0.3) is 0 Å². The molecule has 3 heterocycles. The van der Waals surface area contributed by atoms with Crippen LogP contribution in [-0.4, -0.2) is 59.0 Å². The third-order valence-corrected chi connectivity index (χ3v) is 5.72. The van der Waals surface area contributed by atoms with Crippen LogP contribution in [0.5, 0.6) is 0 Å². The fraction of sp³-hybridized carbons (Fsp3) is 0.706. The first-order valence-corrected chi connectivity index (χ1v) is 9.57. The summed E-state index contributed by atoms with van der Waals surface area (Å²) in [6.07, 6.45) is 3.48. The van der Waals surface area contributed by atoms with Crippen LogP contribution < -0.4 is 10.5 Å². The Kier molecular flexibility index (Phi) is 5.48. The highest BCUT2D eigenvalue weighted by atomic mass is 79.9. The Labute approximate surface area is 156 Å². The number of hydrogen-bond acceptors (Lipinski definition) is 5. The van der Waals surface area contributed by atoms with Crippen molar-refractivity contribution in [2.45, 2.75) is 38.9 Å². The number of morpholine rings is 1. The highest BCUT2D eigenvalue weighted by molar-refractivity contribution is 9.10. The summed E-state index contributed by atoms with van der Waals surface area (Å²) < 4.78 is 7.56. The van der Waals surface area contributed by atoms with Gasteiger partial charge in [0.25, 0.3) is 5.56 Å². The maximum atomic E-state index is 12.8. The Bertz CT molecular complexity index is 690. The van der Waals surface area contributed by atoms with E-state index in [1.165, 1.54) is 4.68 Å². The van der Waals surface area contributed by atoms with Crippen LogP contribution in [0.4, 0.5) is 5.69 Å². The Morgan fingerprint density at radius 3 is 2.44 bits per heavy atom. The van der Waals surface area contributed by atoms with E-state index in [0.29, 0.717) is 17.6 Å². The van der Waals surface area contributed by atoms with E-state index in [2.05, 4.69) is 25.9 Å². The molecule has 0 bridgehead atoms. The van der Waals surface area contributed by atoms with Gasteiger partial charge in [-0.1, -0.05) is 0 Å². The monoisotopic (exact) mass is 412 g/mol. The van der Waals surface area contributed by atoms with Crippen molar-refractivity contribution in [1.82, 2.24) is 14.7 Å². The molecular formula is C17H25BrN4O3. The largest absolute Gasteiger partial charge is 0.372 e. The van der Waals surface area contributed by atoms with Gasteiger partial charge in [0.2, 0.25) is 5.91 Å². The van der Waals surface area contributed by atoms with Crippen LogP contribution in [0.1, 0.15) is 26.7 Å². The van der Waals surface area contributed by atoms with Gasteiger partial charge in [0.1, 0.15) is 4.47 Å². The highest BCUT2D eigenvalue weighted by Crippen LogP contribution is 2.28. The van der Waals surface area contributed by atoms with Crippen LogP contribution in [0.2, 0.25) is 0 Å². The van der Waals surface area contributed by atoms with E-state index >= 15 is 0 Å². The molecule has 2 saturated heterocycles. The minimum absolute atomic E-state index is 0.0482. The summed E-state index contributed by atoms with van der Waals surface area (Å²) in [6, 6.07) is 0. The number of amides is 1. The summed E-state index contributed by atoms with van der Waals surface area (Å²) in [6.45, 7) is 6.87. The molecule has 2 aliphatic heterocycles. The standard InChI is InChI=1S/C17H25BrN4O3/c1-11-9-22(10-12(2)25-11)16(23)13-4-6-21(7-5-13)14-8-19-20(3)17(24)15(14)18/h8,11-13H,4-7,9-10H2,1-3H3. The Morgan fingerprint density at radius 1 is 1.24 bits per heavy atom. The molecule has 1 amide bonds. The Hall–Kier alpha value is -1.41. The number of aryl methyl sites for hydroxylation is 1. The minimum atomic E-state index is -0.146. The lowest BCUT2D eigenvalue weighted by Gasteiger charge is -2.39. The normalized spacial score (nSPS) is 25.3. The van der Waals surface area contributed by atoms with Crippen LogP contribution >= 0.6 is 15.9 Å². The van der Waals surface area contributed by atoms with Crippen molar-refractivity contribution in [3.05, 3.63) is 21.0 Å². The zero-order valence-electron chi connectivity index (χ0n) is 14.9. The molecule has 8 heteroatoms. The average molecular weight is 413 g/mol. The number of piperidine rings is 1. The number of aromatic nitrogens is 2. The smallest absolute Gasteiger partial charge is 0.282 e. The van der Waals surface area contributed by atoms with Gasteiger partial charge >= 0.3 is 0 Å². The molecule has 0 N–H and O–H groups in total. The molecule has 1 aromatic heterocycles. The molecule has 7 nitrogen and oxygen atoms in total. The number of rotatable bonds is 2. The Balaban J connectivity index is 1.63. The number of carbonyl (C=O) groups excluding carboxylic acids is 1. The minimum Gasteiger partial charge on any atom is -0.372 e. The lowest BCUT2D eigenvalue weighted by atomic mass is 9.94. The number of hydrogen-bond donors (Lipinski definition) is 0. The summed E-state index contributed by atoms with van der Waals surface area (Å²) >= 11 is 3.38. The van der Waals surface area contributed by atoms with Crippen molar-refractivity contribution in [2.24, 2.45) is 13.0 Å². The van der Waals surface area contributed by atoms with E-state index in [9.17, 15) is 9.59 Å². The molecule has 2 fully saturated rings. The molecule has 0 aromatic carbocycles. The lowest BCUT2D eigenvalue weighted by molar-refractivity contribution is -0.148. The summed E-state index contributed by atoms with van der Waals surface area (Å²) in [5.41, 5.74) is 0.662. The first-order chi connectivity index (χ1) is 11.9. The van der Waals surface area contributed by atoms with Crippen LogP contribution in [0.3, 0.4) is 0 Å². The molecule has 2 unspecified atom stereocenters. The molecular weight excluding hydrogens is 388 g/mol. The van der Waals surface area contributed by atoms with Crippen LogP contribution in [-0.2, 0) is 16.6 Å². The van der Waals surface area contributed by atoms with Crippen LogP contribution in [0, 0.1) is 5.92 Å². The molecule has 138 valence electrons. The molecule has 0 spiro atoms. The number of ether oxygens (including phenoxy) is 1. The van der Waals surface area contributed by atoms with Crippen molar-refractivity contribution < 1.29 is 9.53 Å². The molecule has 3 rings (SSSR count). The van der Waals surface area contributed by atoms with E-state index < -0.39 is 0 Å². The van der Waals surface area contributed by atoms with Crippen molar-refractivity contribution in [3.8, 4) is 0 Å². The number of anilines is 1. The van der Waals surface area contributed by atoms with E-state index in [1.54, 1.807) is 13.2 Å². The van der Waals surface area contributed by atoms with Gasteiger partial charge in [0.05, 0.1) is 24.1 Å². The zero-order valence-corrected chi connectivity index (χ0v) is 16.5. The van der Waals surface area contributed by atoms with Crippen molar-refractivity contribution in [2.75, 3.05) is 31.1 Å². The molecule has 25 heavy (non-hydrogen) atoms. The molecule has 2 atom stereocenters. The molecule has 1 aromatic rings. The van der Waals surface area contributed by atoms with Gasteiger partial charge in [-0.3, -0.25) is 9.59 Å².